The van der Waals surface area contributed by atoms with E-state index in [1.165, 1.54) is 11.4 Å². The first-order valence-corrected chi connectivity index (χ1v) is 12.7. The maximum absolute atomic E-state index is 13.1. The highest BCUT2D eigenvalue weighted by Crippen LogP contribution is 2.17. The predicted octanol–water partition coefficient (Wildman–Crippen LogP) is 3.40. The van der Waals surface area contributed by atoms with Crippen LogP contribution in [0.1, 0.15) is 32.3 Å². The molecular weight excluding hydrogens is 494 g/mol. The molecule has 2 aromatic carbocycles. The zero-order chi connectivity index (χ0) is 23.7. The minimum absolute atomic E-state index is 0.131. The SMILES string of the molecule is CCNC(=O)[C@@H](C)N(Cc1cccc(Br)c1)C(=O)CCCN(C)S(=O)(=O)c1ccccc1. The van der Waals surface area contributed by atoms with E-state index in [9.17, 15) is 18.0 Å². The Bertz CT molecular complexity index is 1010. The Morgan fingerprint density at radius 1 is 1.09 bits per heavy atom. The average molecular weight is 524 g/mol. The van der Waals surface area contributed by atoms with Crippen molar-refractivity contribution in [2.45, 2.75) is 44.2 Å². The van der Waals surface area contributed by atoms with Crippen LogP contribution in [0.5, 0.6) is 0 Å². The number of likely N-dealkylation sites (N-methyl/N-ethyl adjacent to an activating group) is 1. The highest BCUT2D eigenvalue weighted by molar-refractivity contribution is 9.10. The zero-order valence-corrected chi connectivity index (χ0v) is 21.0. The van der Waals surface area contributed by atoms with Gasteiger partial charge in [0.2, 0.25) is 21.8 Å². The number of carbonyl (C=O) groups excluding carboxylic acids is 2. The van der Waals surface area contributed by atoms with Gasteiger partial charge in [-0.25, -0.2) is 12.7 Å². The molecule has 7 nitrogen and oxygen atoms in total. The van der Waals surface area contributed by atoms with Crippen molar-refractivity contribution < 1.29 is 18.0 Å². The third kappa shape index (κ3) is 7.15. The normalized spacial score (nSPS) is 12.4. The largest absolute Gasteiger partial charge is 0.355 e. The summed E-state index contributed by atoms with van der Waals surface area (Å²) in [5.41, 5.74) is 0.896. The summed E-state index contributed by atoms with van der Waals surface area (Å²) in [7, 11) is -2.11. The van der Waals surface area contributed by atoms with E-state index in [0.29, 0.717) is 13.0 Å². The molecule has 0 aliphatic rings. The minimum atomic E-state index is -3.61. The molecule has 1 atom stereocenters. The number of hydrogen-bond donors (Lipinski definition) is 1. The molecule has 0 aliphatic carbocycles. The number of sulfonamides is 1. The molecule has 0 radical (unpaired) electrons. The number of halogens is 1. The first-order chi connectivity index (χ1) is 15.2. The van der Waals surface area contributed by atoms with Crippen LogP contribution in [0.25, 0.3) is 0 Å². The second-order valence-electron chi connectivity index (χ2n) is 7.47. The highest BCUT2D eigenvalue weighted by Gasteiger charge is 2.26. The summed E-state index contributed by atoms with van der Waals surface area (Å²) in [6.07, 6.45) is 0.477. The molecule has 32 heavy (non-hydrogen) atoms. The van der Waals surface area contributed by atoms with Crippen LogP contribution in [0.15, 0.2) is 64.0 Å². The summed E-state index contributed by atoms with van der Waals surface area (Å²) in [6.45, 7) is 4.49. The predicted molar refractivity (Wildman–Crippen MR) is 128 cm³/mol. The summed E-state index contributed by atoms with van der Waals surface area (Å²) in [5, 5.41) is 2.76. The zero-order valence-electron chi connectivity index (χ0n) is 18.6. The van der Waals surface area contributed by atoms with E-state index in [1.54, 1.807) is 42.2 Å². The van der Waals surface area contributed by atoms with Gasteiger partial charge in [0.1, 0.15) is 6.04 Å². The maximum Gasteiger partial charge on any atom is 0.242 e. The van der Waals surface area contributed by atoms with Crippen molar-refractivity contribution in [1.82, 2.24) is 14.5 Å². The van der Waals surface area contributed by atoms with Gasteiger partial charge in [-0.3, -0.25) is 9.59 Å². The summed E-state index contributed by atoms with van der Waals surface area (Å²) in [4.78, 5) is 27.2. The van der Waals surface area contributed by atoms with Crippen molar-refractivity contribution >= 4 is 37.8 Å². The van der Waals surface area contributed by atoms with Crippen molar-refractivity contribution in [3.8, 4) is 0 Å². The molecule has 0 aromatic heterocycles. The van der Waals surface area contributed by atoms with Crippen molar-refractivity contribution in [3.05, 3.63) is 64.6 Å². The van der Waals surface area contributed by atoms with E-state index in [1.807, 2.05) is 31.2 Å². The van der Waals surface area contributed by atoms with Gasteiger partial charge in [-0.1, -0.05) is 46.3 Å². The van der Waals surface area contributed by atoms with E-state index >= 15 is 0 Å². The van der Waals surface area contributed by atoms with Gasteiger partial charge < -0.3 is 10.2 Å². The van der Waals surface area contributed by atoms with Gasteiger partial charge in [-0.05, 0) is 50.1 Å². The highest BCUT2D eigenvalue weighted by atomic mass is 79.9. The molecule has 2 amide bonds. The van der Waals surface area contributed by atoms with Gasteiger partial charge in [0.15, 0.2) is 0 Å². The van der Waals surface area contributed by atoms with Crippen LogP contribution in [-0.4, -0.2) is 55.6 Å². The van der Waals surface area contributed by atoms with Crippen molar-refractivity contribution in [1.29, 1.82) is 0 Å². The number of nitrogens with one attached hydrogen (secondary N) is 1. The molecule has 2 rings (SSSR count). The van der Waals surface area contributed by atoms with Crippen LogP contribution < -0.4 is 5.32 Å². The number of amides is 2. The molecule has 1 N–H and O–H groups in total. The molecular formula is C23H30BrN3O4S. The number of nitrogens with zero attached hydrogens (tertiary/aromatic N) is 2. The second kappa shape index (κ2) is 12.1. The third-order valence-corrected chi connectivity index (χ3v) is 7.44. The second-order valence-corrected chi connectivity index (χ2v) is 10.4. The quantitative estimate of drug-likeness (QED) is 0.488. The Labute approximate surface area is 199 Å². The van der Waals surface area contributed by atoms with Crippen LogP contribution in [-0.2, 0) is 26.2 Å². The Morgan fingerprint density at radius 3 is 2.41 bits per heavy atom. The topological polar surface area (TPSA) is 86.8 Å². The molecule has 9 heteroatoms. The molecule has 174 valence electrons. The Hall–Kier alpha value is -2.23. The molecule has 0 spiro atoms. The summed E-state index contributed by atoms with van der Waals surface area (Å²) in [6, 6.07) is 15.1. The monoisotopic (exact) mass is 523 g/mol. The Balaban J connectivity index is 2.06. The number of benzene rings is 2. The molecule has 0 saturated heterocycles. The number of hydrogen-bond acceptors (Lipinski definition) is 4. The maximum atomic E-state index is 13.1. The molecule has 0 unspecified atom stereocenters. The van der Waals surface area contributed by atoms with Crippen LogP contribution in [0.4, 0.5) is 0 Å². The molecule has 0 aliphatic heterocycles. The van der Waals surface area contributed by atoms with E-state index in [-0.39, 0.29) is 36.2 Å². The lowest BCUT2D eigenvalue weighted by Crippen LogP contribution is -2.47. The van der Waals surface area contributed by atoms with Gasteiger partial charge in [0.05, 0.1) is 4.90 Å². The van der Waals surface area contributed by atoms with Crippen LogP contribution >= 0.6 is 15.9 Å². The van der Waals surface area contributed by atoms with Gasteiger partial charge in [0, 0.05) is 37.6 Å². The smallest absolute Gasteiger partial charge is 0.242 e. The number of carbonyl (C=O) groups is 2. The van der Waals surface area contributed by atoms with E-state index in [2.05, 4.69) is 21.2 Å². The fourth-order valence-electron chi connectivity index (χ4n) is 3.23. The lowest BCUT2D eigenvalue weighted by atomic mass is 10.1. The van der Waals surface area contributed by atoms with Crippen molar-refractivity contribution in [3.63, 3.8) is 0 Å². The standard InChI is InChI=1S/C23H30BrN3O4S/c1-4-25-23(29)18(2)27(17-19-10-8-11-20(24)16-19)22(28)14-9-15-26(3)32(30,31)21-12-6-5-7-13-21/h5-8,10-13,16,18H,4,9,14-15,17H2,1-3H3,(H,25,29)/t18-/m1/s1. The lowest BCUT2D eigenvalue weighted by molar-refractivity contribution is -0.140. The van der Waals surface area contributed by atoms with Crippen LogP contribution in [0.3, 0.4) is 0 Å². The summed E-state index contributed by atoms with van der Waals surface area (Å²) in [5.74, 6) is -0.422. The van der Waals surface area contributed by atoms with Gasteiger partial charge in [-0.2, -0.15) is 0 Å². The number of rotatable bonds is 11. The molecule has 2 aromatic rings. The van der Waals surface area contributed by atoms with E-state index in [0.717, 1.165) is 10.0 Å². The van der Waals surface area contributed by atoms with Gasteiger partial charge >= 0.3 is 0 Å². The molecule has 0 fully saturated rings. The van der Waals surface area contributed by atoms with Gasteiger partial charge in [-0.15, -0.1) is 0 Å². The van der Waals surface area contributed by atoms with Crippen molar-refractivity contribution in [2.24, 2.45) is 0 Å². The van der Waals surface area contributed by atoms with Crippen LogP contribution in [0, 0.1) is 0 Å². The Morgan fingerprint density at radius 2 is 1.78 bits per heavy atom. The molecule has 0 bridgehead atoms. The first kappa shape index (κ1) is 26.0. The van der Waals surface area contributed by atoms with E-state index < -0.39 is 16.1 Å². The fraction of sp³-hybridized carbons (Fsp3) is 0.391. The fourth-order valence-corrected chi connectivity index (χ4v) is 4.90. The third-order valence-electron chi connectivity index (χ3n) is 5.08. The minimum Gasteiger partial charge on any atom is -0.355 e. The summed E-state index contributed by atoms with van der Waals surface area (Å²) < 4.78 is 27.5. The van der Waals surface area contributed by atoms with E-state index in [4.69, 9.17) is 0 Å². The molecule has 0 saturated carbocycles. The van der Waals surface area contributed by atoms with Crippen LogP contribution in [0.2, 0.25) is 0 Å². The Kier molecular flexibility index (Phi) is 9.86. The molecule has 0 heterocycles. The average Bonchev–Trinajstić information content (AvgIpc) is 2.77. The first-order valence-electron chi connectivity index (χ1n) is 10.5. The summed E-state index contributed by atoms with van der Waals surface area (Å²) >= 11 is 3.43. The van der Waals surface area contributed by atoms with Gasteiger partial charge in [0.25, 0.3) is 0 Å². The van der Waals surface area contributed by atoms with Crippen molar-refractivity contribution in [2.75, 3.05) is 20.1 Å². The lowest BCUT2D eigenvalue weighted by Gasteiger charge is -2.29.